The highest BCUT2D eigenvalue weighted by atomic mass is 35.5. The molecule has 0 aliphatic heterocycles. The van der Waals surface area contributed by atoms with E-state index in [1.165, 1.54) is 37.3 Å². The van der Waals surface area contributed by atoms with Crippen LogP contribution < -0.4 is 5.32 Å². The molecule has 0 bridgehead atoms. The van der Waals surface area contributed by atoms with Crippen LogP contribution in [0.25, 0.3) is 6.08 Å². The quantitative estimate of drug-likeness (QED) is 0.293. The van der Waals surface area contributed by atoms with Crippen molar-refractivity contribution in [3.8, 4) is 0 Å². The van der Waals surface area contributed by atoms with Crippen molar-refractivity contribution in [2.24, 2.45) is 0 Å². The maximum Gasteiger partial charge on any atom is 0.269 e. The van der Waals surface area contributed by atoms with Gasteiger partial charge in [0.05, 0.1) is 10.5 Å². The molecule has 0 aromatic heterocycles. The van der Waals surface area contributed by atoms with Gasteiger partial charge in [0.15, 0.2) is 5.78 Å². The molecule has 2 rings (SSSR count). The highest BCUT2D eigenvalue weighted by Gasteiger charge is 2.15. The minimum absolute atomic E-state index is 0.0457. The molecule has 0 heterocycles. The van der Waals surface area contributed by atoms with Crippen LogP contribution in [0.2, 0.25) is 5.02 Å². The SMILES string of the molecule is CC(=O)/C(=C\c1cccc(Cl)c1)C(=O)Nc1ccc([N+](=O)[O-])cc1. The van der Waals surface area contributed by atoms with Crippen molar-refractivity contribution in [3.05, 3.63) is 74.8 Å². The molecule has 0 atom stereocenters. The number of nitrogens with one attached hydrogen (secondary N) is 1. The molecule has 0 radical (unpaired) electrons. The molecule has 7 heteroatoms. The Morgan fingerprint density at radius 3 is 2.38 bits per heavy atom. The minimum Gasteiger partial charge on any atom is -0.322 e. The number of carbonyl (C=O) groups is 2. The van der Waals surface area contributed by atoms with Gasteiger partial charge in [-0.2, -0.15) is 0 Å². The summed E-state index contributed by atoms with van der Waals surface area (Å²) in [6.07, 6.45) is 1.44. The van der Waals surface area contributed by atoms with E-state index in [4.69, 9.17) is 11.6 Å². The monoisotopic (exact) mass is 344 g/mol. The van der Waals surface area contributed by atoms with E-state index < -0.39 is 16.6 Å². The summed E-state index contributed by atoms with van der Waals surface area (Å²) in [5.74, 6) is -1.01. The zero-order valence-electron chi connectivity index (χ0n) is 12.7. The van der Waals surface area contributed by atoms with Crippen molar-refractivity contribution in [1.29, 1.82) is 0 Å². The largest absolute Gasteiger partial charge is 0.322 e. The van der Waals surface area contributed by atoms with Crippen LogP contribution in [-0.4, -0.2) is 16.6 Å². The number of Topliss-reactive ketones (excluding diaryl/α,β-unsaturated/α-hetero) is 1. The van der Waals surface area contributed by atoms with E-state index in [1.807, 2.05) is 0 Å². The van der Waals surface area contributed by atoms with Crippen LogP contribution in [0, 0.1) is 10.1 Å². The predicted molar refractivity (Wildman–Crippen MR) is 91.8 cm³/mol. The number of ketones is 1. The summed E-state index contributed by atoms with van der Waals surface area (Å²) in [6.45, 7) is 1.28. The number of nitrogens with zero attached hydrogens (tertiary/aromatic N) is 1. The lowest BCUT2D eigenvalue weighted by Crippen LogP contribution is -2.18. The predicted octanol–water partition coefficient (Wildman–Crippen LogP) is 3.86. The molecule has 0 saturated carbocycles. The zero-order valence-corrected chi connectivity index (χ0v) is 13.4. The molecule has 0 aliphatic rings. The molecule has 6 nitrogen and oxygen atoms in total. The number of benzene rings is 2. The van der Waals surface area contributed by atoms with Gasteiger partial charge in [-0.1, -0.05) is 23.7 Å². The summed E-state index contributed by atoms with van der Waals surface area (Å²) in [4.78, 5) is 34.1. The molecule has 24 heavy (non-hydrogen) atoms. The molecular weight excluding hydrogens is 332 g/mol. The number of nitro benzene ring substituents is 1. The van der Waals surface area contributed by atoms with Gasteiger partial charge in [0.2, 0.25) is 0 Å². The smallest absolute Gasteiger partial charge is 0.269 e. The Morgan fingerprint density at radius 2 is 1.83 bits per heavy atom. The summed E-state index contributed by atoms with van der Waals surface area (Å²) in [6, 6.07) is 12.1. The van der Waals surface area contributed by atoms with Crippen molar-refractivity contribution in [3.63, 3.8) is 0 Å². The van der Waals surface area contributed by atoms with E-state index in [0.717, 1.165) is 0 Å². The fraction of sp³-hybridized carbons (Fsp3) is 0.0588. The summed E-state index contributed by atoms with van der Waals surface area (Å²) in [5.41, 5.74) is 0.834. The van der Waals surface area contributed by atoms with Gasteiger partial charge in [-0.3, -0.25) is 19.7 Å². The van der Waals surface area contributed by atoms with E-state index >= 15 is 0 Å². The van der Waals surface area contributed by atoms with Gasteiger partial charge in [0.1, 0.15) is 0 Å². The third kappa shape index (κ3) is 4.50. The average molecular weight is 345 g/mol. The van der Waals surface area contributed by atoms with Crippen LogP contribution in [0.5, 0.6) is 0 Å². The zero-order chi connectivity index (χ0) is 17.7. The average Bonchev–Trinajstić information content (AvgIpc) is 2.52. The second-order valence-corrected chi connectivity index (χ2v) is 5.36. The van der Waals surface area contributed by atoms with Gasteiger partial charge in [-0.05, 0) is 42.8 Å². The number of rotatable bonds is 5. The van der Waals surface area contributed by atoms with Crippen LogP contribution in [0.3, 0.4) is 0 Å². The van der Waals surface area contributed by atoms with Gasteiger partial charge in [0, 0.05) is 22.8 Å². The van der Waals surface area contributed by atoms with Gasteiger partial charge >= 0.3 is 0 Å². The Labute approximate surface area is 142 Å². The van der Waals surface area contributed by atoms with Crippen molar-refractivity contribution < 1.29 is 14.5 Å². The molecule has 0 aliphatic carbocycles. The first-order chi connectivity index (χ1) is 11.4. The summed E-state index contributed by atoms with van der Waals surface area (Å²) in [5, 5.41) is 13.6. The van der Waals surface area contributed by atoms with Crippen LogP contribution in [0.15, 0.2) is 54.1 Å². The van der Waals surface area contributed by atoms with Crippen molar-refractivity contribution in [1.82, 2.24) is 0 Å². The van der Waals surface area contributed by atoms with Crippen LogP contribution in [0.1, 0.15) is 12.5 Å². The lowest BCUT2D eigenvalue weighted by molar-refractivity contribution is -0.384. The topological polar surface area (TPSA) is 89.3 Å². The standard InChI is InChI=1S/C17H13ClN2O4/c1-11(21)16(10-12-3-2-4-13(18)9-12)17(22)19-14-5-7-15(8-6-14)20(23)24/h2-10H,1H3,(H,19,22)/b16-10+. The fourth-order valence-electron chi connectivity index (χ4n) is 1.96. The van der Waals surface area contributed by atoms with Crippen LogP contribution in [0.4, 0.5) is 11.4 Å². The molecule has 2 aromatic carbocycles. The molecule has 0 unspecified atom stereocenters. The first-order valence-electron chi connectivity index (χ1n) is 6.91. The maximum absolute atomic E-state index is 12.3. The lowest BCUT2D eigenvalue weighted by Gasteiger charge is -2.07. The van der Waals surface area contributed by atoms with Crippen molar-refractivity contribution >= 4 is 40.7 Å². The number of anilines is 1. The third-order valence-corrected chi connectivity index (χ3v) is 3.35. The normalized spacial score (nSPS) is 11.0. The number of carbonyl (C=O) groups excluding carboxylic acids is 2. The lowest BCUT2D eigenvalue weighted by atomic mass is 10.1. The number of halogens is 1. The number of hydrogen-bond donors (Lipinski definition) is 1. The van der Waals surface area contributed by atoms with Gasteiger partial charge in [-0.15, -0.1) is 0 Å². The Bertz CT molecular complexity index is 829. The van der Waals surface area contributed by atoms with E-state index in [9.17, 15) is 19.7 Å². The van der Waals surface area contributed by atoms with E-state index in [-0.39, 0.29) is 11.3 Å². The Hall–Kier alpha value is -2.99. The second kappa shape index (κ2) is 7.52. The Kier molecular flexibility index (Phi) is 5.44. The van der Waals surface area contributed by atoms with E-state index in [0.29, 0.717) is 16.3 Å². The fourth-order valence-corrected chi connectivity index (χ4v) is 2.15. The maximum atomic E-state index is 12.3. The molecule has 0 spiro atoms. The van der Waals surface area contributed by atoms with Crippen molar-refractivity contribution in [2.75, 3.05) is 5.32 Å². The van der Waals surface area contributed by atoms with Gasteiger partial charge < -0.3 is 5.32 Å². The van der Waals surface area contributed by atoms with Crippen LogP contribution in [-0.2, 0) is 9.59 Å². The highest BCUT2D eigenvalue weighted by Crippen LogP contribution is 2.18. The van der Waals surface area contributed by atoms with E-state index in [2.05, 4.69) is 5.32 Å². The summed E-state index contributed by atoms with van der Waals surface area (Å²) >= 11 is 5.89. The van der Waals surface area contributed by atoms with Gasteiger partial charge in [-0.25, -0.2) is 0 Å². The molecule has 0 saturated heterocycles. The molecule has 2 aromatic rings. The number of non-ortho nitro benzene ring substituents is 1. The third-order valence-electron chi connectivity index (χ3n) is 3.12. The Balaban J connectivity index is 2.23. The molecule has 1 N–H and O–H groups in total. The first kappa shape index (κ1) is 17.4. The van der Waals surface area contributed by atoms with Gasteiger partial charge in [0.25, 0.3) is 11.6 Å². The van der Waals surface area contributed by atoms with Crippen molar-refractivity contribution in [2.45, 2.75) is 6.92 Å². The summed E-state index contributed by atoms with van der Waals surface area (Å²) in [7, 11) is 0. The highest BCUT2D eigenvalue weighted by molar-refractivity contribution is 6.31. The second-order valence-electron chi connectivity index (χ2n) is 4.93. The van der Waals surface area contributed by atoms with E-state index in [1.54, 1.807) is 24.3 Å². The number of nitro groups is 1. The summed E-state index contributed by atoms with van der Waals surface area (Å²) < 4.78 is 0. The minimum atomic E-state index is -0.601. The molecule has 122 valence electrons. The Morgan fingerprint density at radius 1 is 1.17 bits per heavy atom. The first-order valence-corrected chi connectivity index (χ1v) is 7.28. The van der Waals surface area contributed by atoms with Crippen LogP contribution >= 0.6 is 11.6 Å². The molecule has 0 fully saturated rings. The molecule has 1 amide bonds. The molecular formula is C17H13ClN2O4. The number of amides is 1. The number of hydrogen-bond acceptors (Lipinski definition) is 4.